The highest BCUT2D eigenvalue weighted by Crippen LogP contribution is 2.08. The Morgan fingerprint density at radius 3 is 2.46 bits per heavy atom. The predicted octanol–water partition coefficient (Wildman–Crippen LogP) is 4.87. The van der Waals surface area contributed by atoms with Crippen LogP contribution in [0.25, 0.3) is 0 Å². The lowest BCUT2D eigenvalue weighted by Crippen LogP contribution is -1.92. The number of allylic oxidation sites excluding steroid dienone is 2. The first-order valence-electron chi connectivity index (χ1n) is 7.32. The van der Waals surface area contributed by atoms with Gasteiger partial charge in [0.05, 0.1) is 11.5 Å². The van der Waals surface area contributed by atoms with Gasteiger partial charge >= 0.3 is 0 Å². The van der Waals surface area contributed by atoms with Gasteiger partial charge < -0.3 is 0 Å². The number of thioether (sulfide) groups is 1. The van der Waals surface area contributed by atoms with E-state index >= 15 is 0 Å². The van der Waals surface area contributed by atoms with Crippen molar-refractivity contribution in [2.24, 2.45) is 0 Å². The molecule has 0 amide bonds. The molecule has 24 heavy (non-hydrogen) atoms. The fraction of sp³-hybridized carbons (Fsp3) is 0.0952. The average molecular weight is 351 g/mol. The second-order valence-electron chi connectivity index (χ2n) is 4.69. The van der Waals surface area contributed by atoms with E-state index in [9.17, 15) is 4.79 Å². The Bertz CT molecular complexity index is 815. The molecular formula is C21H15ClOS. The molecule has 0 N–H and O–H groups in total. The number of halogens is 1. The highest BCUT2D eigenvalue weighted by molar-refractivity contribution is 7.99. The zero-order chi connectivity index (χ0) is 17.0. The number of benzene rings is 2. The Morgan fingerprint density at radius 2 is 1.71 bits per heavy atom. The molecule has 2 rings (SSSR count). The maximum atomic E-state index is 11.8. The van der Waals surface area contributed by atoms with Crippen LogP contribution in [0.4, 0.5) is 0 Å². The molecule has 0 aliphatic carbocycles. The van der Waals surface area contributed by atoms with Crippen LogP contribution in [0, 0.1) is 23.7 Å². The van der Waals surface area contributed by atoms with Crippen LogP contribution in [0.15, 0.2) is 66.7 Å². The Hall–Kier alpha value is -2.39. The lowest BCUT2D eigenvalue weighted by molar-refractivity contribution is 0.104. The molecule has 2 aromatic rings. The van der Waals surface area contributed by atoms with Crippen molar-refractivity contribution in [3.05, 3.63) is 82.9 Å². The van der Waals surface area contributed by atoms with Gasteiger partial charge in [-0.05, 0) is 36.4 Å². The first-order valence-corrected chi connectivity index (χ1v) is 8.85. The Morgan fingerprint density at radius 1 is 1.00 bits per heavy atom. The standard InChI is InChI=1S/C21H15ClOS/c22-20-14-12-18(13-15-20)8-7-17-24-16-6-2-5-11-21(23)19-9-3-1-4-10-19/h1,3-5,9-15H,16-17H2/b11-5+. The molecule has 0 aromatic heterocycles. The SMILES string of the molecule is O=C(/C=C/C#CCSCC#Cc1ccc(Cl)cc1)c1ccccc1. The third-order valence-corrected chi connectivity index (χ3v) is 3.85. The maximum absolute atomic E-state index is 11.8. The van der Waals surface area contributed by atoms with Crippen LogP contribution in [-0.4, -0.2) is 17.3 Å². The van der Waals surface area contributed by atoms with Gasteiger partial charge in [-0.3, -0.25) is 4.79 Å². The first kappa shape index (κ1) is 18.0. The predicted molar refractivity (Wildman–Crippen MR) is 103 cm³/mol. The molecule has 118 valence electrons. The molecule has 0 bridgehead atoms. The molecule has 0 atom stereocenters. The number of hydrogen-bond donors (Lipinski definition) is 0. The van der Waals surface area contributed by atoms with Gasteiger partial charge in [0.25, 0.3) is 0 Å². The van der Waals surface area contributed by atoms with Crippen LogP contribution in [0.3, 0.4) is 0 Å². The molecule has 1 nitrogen and oxygen atoms in total. The minimum Gasteiger partial charge on any atom is -0.289 e. The third kappa shape index (κ3) is 6.80. The molecule has 0 saturated carbocycles. The third-order valence-electron chi connectivity index (χ3n) is 2.90. The van der Waals surface area contributed by atoms with Gasteiger partial charge in [-0.15, -0.1) is 11.8 Å². The fourth-order valence-corrected chi connectivity index (χ4v) is 2.33. The van der Waals surface area contributed by atoms with Gasteiger partial charge in [0.15, 0.2) is 5.78 Å². The van der Waals surface area contributed by atoms with Crippen LogP contribution in [-0.2, 0) is 0 Å². The normalized spacial score (nSPS) is 9.71. The van der Waals surface area contributed by atoms with Crippen LogP contribution in [0.1, 0.15) is 15.9 Å². The highest BCUT2D eigenvalue weighted by Gasteiger charge is 1.97. The summed E-state index contributed by atoms with van der Waals surface area (Å²) < 4.78 is 0. The van der Waals surface area contributed by atoms with E-state index in [-0.39, 0.29) is 5.78 Å². The van der Waals surface area contributed by atoms with Crippen LogP contribution in [0.5, 0.6) is 0 Å². The molecule has 0 unspecified atom stereocenters. The number of ketones is 1. The monoisotopic (exact) mass is 350 g/mol. The summed E-state index contributed by atoms with van der Waals surface area (Å²) in [5.41, 5.74) is 1.62. The summed E-state index contributed by atoms with van der Waals surface area (Å²) in [6.07, 6.45) is 3.09. The van der Waals surface area contributed by atoms with Gasteiger partial charge in [0, 0.05) is 16.1 Å². The van der Waals surface area contributed by atoms with E-state index in [1.165, 1.54) is 6.08 Å². The molecule has 3 heteroatoms. The van der Waals surface area contributed by atoms with Crippen molar-refractivity contribution in [1.29, 1.82) is 0 Å². The lowest BCUT2D eigenvalue weighted by atomic mass is 10.1. The van der Waals surface area contributed by atoms with Gasteiger partial charge in [-0.2, -0.15) is 0 Å². The minimum atomic E-state index is -0.0358. The average Bonchev–Trinajstić information content (AvgIpc) is 2.62. The largest absolute Gasteiger partial charge is 0.289 e. The molecule has 0 aliphatic rings. The lowest BCUT2D eigenvalue weighted by Gasteiger charge is -1.91. The summed E-state index contributed by atoms with van der Waals surface area (Å²) in [7, 11) is 0. The highest BCUT2D eigenvalue weighted by atomic mass is 35.5. The van der Waals surface area contributed by atoms with E-state index in [1.807, 2.05) is 42.5 Å². The molecule has 0 aliphatic heterocycles. The summed E-state index contributed by atoms with van der Waals surface area (Å²) >= 11 is 7.45. The summed E-state index contributed by atoms with van der Waals surface area (Å²) in [6.45, 7) is 0. The summed E-state index contributed by atoms with van der Waals surface area (Å²) in [5.74, 6) is 13.4. The van der Waals surface area contributed by atoms with E-state index in [1.54, 1.807) is 30.0 Å². The second-order valence-corrected chi connectivity index (χ2v) is 6.11. The Kier molecular flexibility index (Phi) is 7.78. The van der Waals surface area contributed by atoms with Gasteiger partial charge in [-0.1, -0.05) is 65.6 Å². The van der Waals surface area contributed by atoms with Crippen molar-refractivity contribution >= 4 is 29.1 Å². The van der Waals surface area contributed by atoms with Crippen molar-refractivity contribution < 1.29 is 4.79 Å². The molecule has 0 fully saturated rings. The number of hydrogen-bond acceptors (Lipinski definition) is 2. The zero-order valence-corrected chi connectivity index (χ0v) is 14.5. The van der Waals surface area contributed by atoms with Crippen LogP contribution >= 0.6 is 23.4 Å². The summed E-state index contributed by atoms with van der Waals surface area (Å²) in [4.78, 5) is 11.8. The Labute approximate surface area is 152 Å². The van der Waals surface area contributed by atoms with Crippen molar-refractivity contribution in [3.8, 4) is 23.7 Å². The number of rotatable bonds is 4. The van der Waals surface area contributed by atoms with Gasteiger partial charge in [0.2, 0.25) is 0 Å². The molecule has 0 spiro atoms. The quantitative estimate of drug-likeness (QED) is 0.339. The minimum absolute atomic E-state index is 0.0358. The number of carbonyl (C=O) groups is 1. The molecule has 0 heterocycles. The van der Waals surface area contributed by atoms with E-state index in [2.05, 4.69) is 23.7 Å². The van der Waals surface area contributed by atoms with E-state index in [0.29, 0.717) is 22.1 Å². The molecular weight excluding hydrogens is 336 g/mol. The van der Waals surface area contributed by atoms with Crippen molar-refractivity contribution in [2.45, 2.75) is 0 Å². The van der Waals surface area contributed by atoms with Crippen molar-refractivity contribution in [2.75, 3.05) is 11.5 Å². The topological polar surface area (TPSA) is 17.1 Å². The van der Waals surface area contributed by atoms with E-state index < -0.39 is 0 Å². The molecule has 0 saturated heterocycles. The van der Waals surface area contributed by atoms with Gasteiger partial charge in [0.1, 0.15) is 0 Å². The fourth-order valence-electron chi connectivity index (χ4n) is 1.74. The van der Waals surface area contributed by atoms with Crippen LogP contribution < -0.4 is 0 Å². The maximum Gasteiger partial charge on any atom is 0.186 e. The van der Waals surface area contributed by atoms with Gasteiger partial charge in [-0.25, -0.2) is 0 Å². The summed E-state index contributed by atoms with van der Waals surface area (Å²) in [6, 6.07) is 16.6. The summed E-state index contributed by atoms with van der Waals surface area (Å²) in [5, 5.41) is 0.712. The smallest absolute Gasteiger partial charge is 0.186 e. The first-order chi connectivity index (χ1) is 11.8. The second kappa shape index (κ2) is 10.4. The molecule has 0 radical (unpaired) electrons. The number of carbonyl (C=O) groups excluding carboxylic acids is 1. The van der Waals surface area contributed by atoms with Crippen molar-refractivity contribution in [3.63, 3.8) is 0 Å². The van der Waals surface area contributed by atoms with E-state index in [0.717, 1.165) is 5.56 Å². The molecule has 2 aromatic carbocycles. The van der Waals surface area contributed by atoms with Crippen LogP contribution in [0.2, 0.25) is 5.02 Å². The van der Waals surface area contributed by atoms with E-state index in [4.69, 9.17) is 11.6 Å². The Balaban J connectivity index is 1.68. The van der Waals surface area contributed by atoms with Crippen molar-refractivity contribution in [1.82, 2.24) is 0 Å². The zero-order valence-electron chi connectivity index (χ0n) is 13.0.